The molecule has 104 valence electrons. The molecule has 0 bridgehead atoms. The first-order chi connectivity index (χ1) is 9.02. The predicted molar refractivity (Wildman–Crippen MR) is 83.2 cm³/mol. The fourth-order valence-corrected chi connectivity index (χ4v) is 3.78. The van der Waals surface area contributed by atoms with Gasteiger partial charge in [-0.25, -0.2) is 4.98 Å². The van der Waals surface area contributed by atoms with Gasteiger partial charge in [0.15, 0.2) is 0 Å². The van der Waals surface area contributed by atoms with Crippen LogP contribution in [0.25, 0.3) is 0 Å². The number of aryl methyl sites for hydroxylation is 2. The van der Waals surface area contributed by atoms with Gasteiger partial charge in [-0.2, -0.15) is 0 Å². The summed E-state index contributed by atoms with van der Waals surface area (Å²) in [6, 6.07) is 2.40. The standard InChI is InChI=1S/C13H19BrN4S/c1-9-10(14)6-12(19-9)11(7-15)18(3)8-13-16-4-5-17(13)2/h4-6,11H,7-8,15H2,1-3H3. The van der Waals surface area contributed by atoms with Crippen LogP contribution in [-0.4, -0.2) is 28.0 Å². The Bertz CT molecular complexity index is 529. The molecule has 0 amide bonds. The molecule has 0 fully saturated rings. The van der Waals surface area contributed by atoms with Gasteiger partial charge < -0.3 is 10.3 Å². The van der Waals surface area contributed by atoms with Crippen molar-refractivity contribution in [3.05, 3.63) is 38.5 Å². The average Bonchev–Trinajstić information content (AvgIpc) is 2.89. The van der Waals surface area contributed by atoms with E-state index in [9.17, 15) is 0 Å². The minimum absolute atomic E-state index is 0.228. The Balaban J connectivity index is 2.15. The Hall–Kier alpha value is -0.690. The summed E-state index contributed by atoms with van der Waals surface area (Å²) >= 11 is 5.37. The molecule has 2 aromatic heterocycles. The van der Waals surface area contributed by atoms with E-state index in [2.05, 4.69) is 45.9 Å². The maximum Gasteiger partial charge on any atom is 0.122 e. The third kappa shape index (κ3) is 3.25. The third-order valence-electron chi connectivity index (χ3n) is 3.27. The summed E-state index contributed by atoms with van der Waals surface area (Å²) in [6.45, 7) is 3.51. The van der Waals surface area contributed by atoms with Crippen molar-refractivity contribution in [1.82, 2.24) is 14.5 Å². The van der Waals surface area contributed by atoms with Crippen LogP contribution < -0.4 is 5.73 Å². The van der Waals surface area contributed by atoms with Crippen LogP contribution in [0.3, 0.4) is 0 Å². The molecule has 19 heavy (non-hydrogen) atoms. The zero-order valence-corrected chi connectivity index (χ0v) is 13.8. The van der Waals surface area contributed by atoms with Crippen molar-refractivity contribution in [2.75, 3.05) is 13.6 Å². The second-order valence-electron chi connectivity index (χ2n) is 4.67. The van der Waals surface area contributed by atoms with Crippen LogP contribution in [-0.2, 0) is 13.6 Å². The highest BCUT2D eigenvalue weighted by atomic mass is 79.9. The maximum absolute atomic E-state index is 5.95. The number of imidazole rings is 1. The van der Waals surface area contributed by atoms with Crippen molar-refractivity contribution >= 4 is 27.3 Å². The quantitative estimate of drug-likeness (QED) is 0.908. The van der Waals surface area contributed by atoms with E-state index in [-0.39, 0.29) is 6.04 Å². The molecule has 1 atom stereocenters. The van der Waals surface area contributed by atoms with Crippen LogP contribution in [0.1, 0.15) is 21.6 Å². The van der Waals surface area contributed by atoms with Gasteiger partial charge in [0.25, 0.3) is 0 Å². The summed E-state index contributed by atoms with van der Waals surface area (Å²) in [7, 11) is 4.11. The Morgan fingerprint density at radius 2 is 2.32 bits per heavy atom. The largest absolute Gasteiger partial charge is 0.337 e. The summed E-state index contributed by atoms with van der Waals surface area (Å²) in [5.74, 6) is 1.05. The van der Waals surface area contributed by atoms with Crippen molar-refractivity contribution < 1.29 is 0 Å². The normalized spacial score (nSPS) is 13.2. The van der Waals surface area contributed by atoms with Gasteiger partial charge in [-0.3, -0.25) is 4.90 Å². The lowest BCUT2D eigenvalue weighted by Crippen LogP contribution is -2.30. The number of rotatable bonds is 5. The van der Waals surface area contributed by atoms with E-state index in [0.29, 0.717) is 6.54 Å². The molecule has 2 aromatic rings. The molecular formula is C13H19BrN4S. The summed E-state index contributed by atoms with van der Waals surface area (Å²) in [5, 5.41) is 0. The first kappa shape index (κ1) is 14.7. The van der Waals surface area contributed by atoms with E-state index in [1.54, 1.807) is 11.3 Å². The molecule has 0 aromatic carbocycles. The van der Waals surface area contributed by atoms with Gasteiger partial charge in [-0.15, -0.1) is 11.3 Å². The zero-order valence-electron chi connectivity index (χ0n) is 11.4. The van der Waals surface area contributed by atoms with Crippen LogP contribution >= 0.6 is 27.3 Å². The molecule has 2 N–H and O–H groups in total. The van der Waals surface area contributed by atoms with Crippen molar-refractivity contribution in [2.45, 2.75) is 19.5 Å². The lowest BCUT2D eigenvalue weighted by Gasteiger charge is -2.25. The van der Waals surface area contributed by atoms with Crippen LogP contribution in [0.2, 0.25) is 0 Å². The van der Waals surface area contributed by atoms with E-state index < -0.39 is 0 Å². The molecule has 0 saturated heterocycles. The minimum atomic E-state index is 0.228. The van der Waals surface area contributed by atoms with Gasteiger partial charge >= 0.3 is 0 Å². The summed E-state index contributed by atoms with van der Waals surface area (Å²) < 4.78 is 3.20. The Kier molecular flexibility index (Phi) is 4.78. The van der Waals surface area contributed by atoms with E-state index in [1.165, 1.54) is 9.75 Å². The molecule has 0 radical (unpaired) electrons. The average molecular weight is 343 g/mol. The number of hydrogen-bond acceptors (Lipinski definition) is 4. The van der Waals surface area contributed by atoms with E-state index >= 15 is 0 Å². The predicted octanol–water partition coefficient (Wildman–Crippen LogP) is 2.68. The van der Waals surface area contributed by atoms with E-state index in [1.807, 2.05) is 24.0 Å². The number of hydrogen-bond donors (Lipinski definition) is 1. The number of thiophene rings is 1. The topological polar surface area (TPSA) is 47.1 Å². The fraction of sp³-hybridized carbons (Fsp3) is 0.462. The highest BCUT2D eigenvalue weighted by Crippen LogP contribution is 2.32. The minimum Gasteiger partial charge on any atom is -0.337 e. The van der Waals surface area contributed by atoms with Gasteiger partial charge in [0.05, 0.1) is 12.6 Å². The fourth-order valence-electron chi connectivity index (χ4n) is 2.04. The SMILES string of the molecule is Cc1sc(C(CN)N(C)Cc2nccn2C)cc1Br. The molecule has 0 aliphatic rings. The van der Waals surface area contributed by atoms with Crippen molar-refractivity contribution in [1.29, 1.82) is 0 Å². The third-order valence-corrected chi connectivity index (χ3v) is 5.51. The van der Waals surface area contributed by atoms with Crippen LogP contribution in [0.5, 0.6) is 0 Å². The van der Waals surface area contributed by atoms with Crippen LogP contribution in [0, 0.1) is 6.92 Å². The summed E-state index contributed by atoms with van der Waals surface area (Å²) in [6.07, 6.45) is 3.79. The van der Waals surface area contributed by atoms with E-state index in [0.717, 1.165) is 16.8 Å². The van der Waals surface area contributed by atoms with Crippen LogP contribution in [0.4, 0.5) is 0 Å². The van der Waals surface area contributed by atoms with Gasteiger partial charge in [-0.1, -0.05) is 0 Å². The smallest absolute Gasteiger partial charge is 0.122 e. The van der Waals surface area contributed by atoms with Crippen molar-refractivity contribution in [3.63, 3.8) is 0 Å². The molecule has 2 heterocycles. The monoisotopic (exact) mass is 342 g/mol. The lowest BCUT2D eigenvalue weighted by molar-refractivity contribution is 0.237. The Labute approximate surface area is 126 Å². The molecular weight excluding hydrogens is 324 g/mol. The number of nitrogens with two attached hydrogens (primary N) is 1. The Morgan fingerprint density at radius 3 is 2.79 bits per heavy atom. The number of nitrogens with zero attached hydrogens (tertiary/aromatic N) is 3. The molecule has 0 aliphatic heterocycles. The first-order valence-electron chi connectivity index (χ1n) is 6.15. The van der Waals surface area contributed by atoms with Crippen LogP contribution in [0.15, 0.2) is 22.9 Å². The van der Waals surface area contributed by atoms with Crippen molar-refractivity contribution in [3.8, 4) is 0 Å². The summed E-state index contributed by atoms with van der Waals surface area (Å²) in [5.41, 5.74) is 5.95. The van der Waals surface area contributed by atoms with Gasteiger partial charge in [-0.05, 0) is 36.0 Å². The molecule has 0 aliphatic carbocycles. The van der Waals surface area contributed by atoms with E-state index in [4.69, 9.17) is 5.73 Å². The lowest BCUT2D eigenvalue weighted by atomic mass is 10.2. The molecule has 1 unspecified atom stereocenters. The molecule has 0 saturated carbocycles. The second kappa shape index (κ2) is 6.17. The number of aromatic nitrogens is 2. The maximum atomic E-state index is 5.95. The van der Waals surface area contributed by atoms with Crippen molar-refractivity contribution in [2.24, 2.45) is 12.8 Å². The second-order valence-corrected chi connectivity index (χ2v) is 6.82. The first-order valence-corrected chi connectivity index (χ1v) is 7.76. The van der Waals surface area contributed by atoms with Gasteiger partial charge in [0.1, 0.15) is 5.82 Å². The highest BCUT2D eigenvalue weighted by Gasteiger charge is 2.19. The van der Waals surface area contributed by atoms with Gasteiger partial charge in [0, 0.05) is 40.2 Å². The molecule has 0 spiro atoms. The molecule has 6 heteroatoms. The van der Waals surface area contributed by atoms with Gasteiger partial charge in [0.2, 0.25) is 0 Å². The number of likely N-dealkylation sites (N-methyl/N-ethyl adjacent to an activating group) is 1. The zero-order chi connectivity index (χ0) is 14.0. The Morgan fingerprint density at radius 1 is 1.58 bits per heavy atom. The highest BCUT2D eigenvalue weighted by molar-refractivity contribution is 9.10. The summed E-state index contributed by atoms with van der Waals surface area (Å²) in [4.78, 5) is 9.20. The molecule has 2 rings (SSSR count). The number of halogens is 1. The molecule has 4 nitrogen and oxygen atoms in total.